The largest absolute Gasteiger partial charge is 0.348 e. The number of carbonyl (C=O) groups excluding carboxylic acids is 1. The summed E-state index contributed by atoms with van der Waals surface area (Å²) in [5.41, 5.74) is 2.46. The average molecular weight is 179 g/mol. The zero-order valence-electron chi connectivity index (χ0n) is 7.57. The van der Waals surface area contributed by atoms with Crippen molar-refractivity contribution in [3.05, 3.63) is 34.1 Å². The van der Waals surface area contributed by atoms with Crippen LogP contribution in [-0.2, 0) is 6.54 Å². The van der Waals surface area contributed by atoms with Crippen molar-refractivity contribution >= 4 is 5.91 Å². The highest BCUT2D eigenvalue weighted by molar-refractivity contribution is 5.98. The highest BCUT2D eigenvalue weighted by Gasteiger charge is 2.24. The zero-order valence-corrected chi connectivity index (χ0v) is 7.57. The van der Waals surface area contributed by atoms with Crippen LogP contribution in [0.15, 0.2) is 6.07 Å². The first-order chi connectivity index (χ1) is 6.11. The van der Waals surface area contributed by atoms with Gasteiger partial charge in [-0.15, -0.1) is 0 Å². The molecule has 1 N–H and O–H groups in total. The topological polar surface area (TPSA) is 29.1 Å². The predicted molar refractivity (Wildman–Crippen MR) is 47.0 cm³/mol. The number of halogens is 1. The number of rotatable bonds is 0. The maximum Gasteiger partial charge on any atom is 0.254 e. The van der Waals surface area contributed by atoms with Gasteiger partial charge in [0.2, 0.25) is 0 Å². The van der Waals surface area contributed by atoms with Gasteiger partial charge in [-0.2, -0.15) is 0 Å². The van der Waals surface area contributed by atoms with Crippen LogP contribution in [-0.4, -0.2) is 5.91 Å². The molecule has 0 atom stereocenters. The lowest BCUT2D eigenvalue weighted by Gasteiger charge is -2.05. The number of carbonyl (C=O) groups is 1. The van der Waals surface area contributed by atoms with E-state index in [1.54, 1.807) is 6.92 Å². The molecule has 0 spiro atoms. The third kappa shape index (κ3) is 1.03. The third-order valence-electron chi connectivity index (χ3n) is 2.52. The van der Waals surface area contributed by atoms with Crippen LogP contribution in [0.2, 0.25) is 0 Å². The molecule has 0 saturated carbocycles. The average Bonchev–Trinajstić information content (AvgIpc) is 2.43. The number of amides is 1. The smallest absolute Gasteiger partial charge is 0.254 e. The second-order valence-electron chi connectivity index (χ2n) is 3.35. The maximum atomic E-state index is 13.6. The molecule has 1 heterocycles. The number of benzene rings is 1. The monoisotopic (exact) mass is 179 g/mol. The summed E-state index contributed by atoms with van der Waals surface area (Å²) in [4.78, 5) is 11.2. The molecule has 1 aromatic carbocycles. The van der Waals surface area contributed by atoms with E-state index < -0.39 is 0 Å². The summed E-state index contributed by atoms with van der Waals surface area (Å²) in [7, 11) is 0. The summed E-state index contributed by atoms with van der Waals surface area (Å²) < 4.78 is 13.6. The normalized spacial score (nSPS) is 14.2. The van der Waals surface area contributed by atoms with Gasteiger partial charge in [-0.25, -0.2) is 4.39 Å². The minimum atomic E-state index is -0.370. The molecule has 2 rings (SSSR count). The lowest BCUT2D eigenvalue weighted by Crippen LogP contribution is -2.13. The number of aryl methyl sites for hydroxylation is 1. The van der Waals surface area contributed by atoms with Crippen molar-refractivity contribution in [1.29, 1.82) is 0 Å². The van der Waals surface area contributed by atoms with E-state index >= 15 is 0 Å². The minimum absolute atomic E-state index is 0.225. The Labute approximate surface area is 75.8 Å². The number of fused-ring (bicyclic) bond motifs is 1. The first-order valence-corrected chi connectivity index (χ1v) is 4.18. The summed E-state index contributed by atoms with van der Waals surface area (Å²) >= 11 is 0. The van der Waals surface area contributed by atoms with E-state index in [-0.39, 0.29) is 17.3 Å². The molecule has 1 aromatic rings. The SMILES string of the molecule is Cc1cc2c(c(F)c1C)C(=O)NC2. The highest BCUT2D eigenvalue weighted by atomic mass is 19.1. The Hall–Kier alpha value is -1.38. The van der Waals surface area contributed by atoms with Gasteiger partial charge in [-0.05, 0) is 30.5 Å². The van der Waals surface area contributed by atoms with Crippen molar-refractivity contribution in [1.82, 2.24) is 5.32 Å². The maximum absolute atomic E-state index is 13.6. The van der Waals surface area contributed by atoms with Crippen molar-refractivity contribution in [2.24, 2.45) is 0 Å². The molecule has 0 saturated heterocycles. The third-order valence-corrected chi connectivity index (χ3v) is 2.52. The predicted octanol–water partition coefficient (Wildman–Crippen LogP) is 1.69. The lowest BCUT2D eigenvalue weighted by molar-refractivity contribution is 0.0962. The van der Waals surface area contributed by atoms with Gasteiger partial charge in [0, 0.05) is 6.54 Å². The molecule has 1 aliphatic heterocycles. The van der Waals surface area contributed by atoms with Gasteiger partial charge in [0.1, 0.15) is 5.82 Å². The minimum Gasteiger partial charge on any atom is -0.348 e. The van der Waals surface area contributed by atoms with E-state index in [9.17, 15) is 9.18 Å². The summed E-state index contributed by atoms with van der Waals surface area (Å²) in [6.07, 6.45) is 0. The molecule has 0 aliphatic carbocycles. The van der Waals surface area contributed by atoms with Crippen LogP contribution < -0.4 is 5.32 Å². The number of nitrogens with one attached hydrogen (secondary N) is 1. The molecule has 3 heteroatoms. The van der Waals surface area contributed by atoms with Crippen LogP contribution >= 0.6 is 0 Å². The molecule has 68 valence electrons. The molecule has 0 bridgehead atoms. The van der Waals surface area contributed by atoms with E-state index in [0.29, 0.717) is 12.1 Å². The van der Waals surface area contributed by atoms with E-state index in [0.717, 1.165) is 11.1 Å². The van der Waals surface area contributed by atoms with Crippen LogP contribution in [0, 0.1) is 19.7 Å². The van der Waals surface area contributed by atoms with E-state index in [1.165, 1.54) is 0 Å². The molecule has 0 fully saturated rings. The second-order valence-corrected chi connectivity index (χ2v) is 3.35. The number of hydrogen-bond donors (Lipinski definition) is 1. The fraction of sp³-hybridized carbons (Fsp3) is 0.300. The Bertz CT molecular complexity index is 398. The molecule has 1 aliphatic rings. The summed E-state index contributed by atoms with van der Waals surface area (Å²) in [5.74, 6) is -0.666. The Morgan fingerprint density at radius 1 is 1.46 bits per heavy atom. The van der Waals surface area contributed by atoms with Gasteiger partial charge in [0.15, 0.2) is 0 Å². The van der Waals surface area contributed by atoms with Crippen LogP contribution in [0.4, 0.5) is 4.39 Å². The van der Waals surface area contributed by atoms with Gasteiger partial charge in [-0.3, -0.25) is 4.79 Å². The first kappa shape index (κ1) is 8.23. The van der Waals surface area contributed by atoms with E-state index in [2.05, 4.69) is 5.32 Å². The second kappa shape index (κ2) is 2.55. The lowest BCUT2D eigenvalue weighted by atomic mass is 10.0. The zero-order chi connectivity index (χ0) is 9.59. The number of hydrogen-bond acceptors (Lipinski definition) is 1. The highest BCUT2D eigenvalue weighted by Crippen LogP contribution is 2.24. The van der Waals surface area contributed by atoms with Gasteiger partial charge in [0.05, 0.1) is 5.56 Å². The molecule has 1 amide bonds. The molecule has 0 radical (unpaired) electrons. The van der Waals surface area contributed by atoms with Gasteiger partial charge < -0.3 is 5.32 Å². The Morgan fingerprint density at radius 2 is 2.15 bits per heavy atom. The van der Waals surface area contributed by atoms with Crippen molar-refractivity contribution < 1.29 is 9.18 Å². The Balaban J connectivity index is 2.75. The van der Waals surface area contributed by atoms with Crippen LogP contribution in [0.3, 0.4) is 0 Å². The van der Waals surface area contributed by atoms with Crippen LogP contribution in [0.5, 0.6) is 0 Å². The van der Waals surface area contributed by atoms with Crippen molar-refractivity contribution in [2.75, 3.05) is 0 Å². The van der Waals surface area contributed by atoms with Crippen molar-refractivity contribution in [3.8, 4) is 0 Å². The van der Waals surface area contributed by atoms with Gasteiger partial charge >= 0.3 is 0 Å². The first-order valence-electron chi connectivity index (χ1n) is 4.18. The molecule has 13 heavy (non-hydrogen) atoms. The van der Waals surface area contributed by atoms with E-state index in [1.807, 2.05) is 13.0 Å². The Morgan fingerprint density at radius 3 is 2.85 bits per heavy atom. The van der Waals surface area contributed by atoms with Gasteiger partial charge in [0.25, 0.3) is 5.91 Å². The standard InChI is InChI=1S/C10H10FNO/c1-5-3-7-4-12-10(13)8(7)9(11)6(5)2/h3H,4H2,1-2H3,(H,12,13). The van der Waals surface area contributed by atoms with Crippen LogP contribution in [0.25, 0.3) is 0 Å². The van der Waals surface area contributed by atoms with Crippen LogP contribution in [0.1, 0.15) is 27.0 Å². The van der Waals surface area contributed by atoms with E-state index in [4.69, 9.17) is 0 Å². The Kier molecular flexibility index (Phi) is 1.62. The molecular weight excluding hydrogens is 169 g/mol. The van der Waals surface area contributed by atoms with Crippen molar-refractivity contribution in [3.63, 3.8) is 0 Å². The van der Waals surface area contributed by atoms with Gasteiger partial charge in [-0.1, -0.05) is 6.07 Å². The summed E-state index contributed by atoms with van der Waals surface area (Å²) in [6, 6.07) is 1.87. The molecular formula is C10H10FNO. The fourth-order valence-electron chi connectivity index (χ4n) is 1.59. The fourth-order valence-corrected chi connectivity index (χ4v) is 1.59. The molecule has 2 nitrogen and oxygen atoms in total. The summed E-state index contributed by atoms with van der Waals surface area (Å²) in [6.45, 7) is 3.99. The quantitative estimate of drug-likeness (QED) is 0.645. The molecule has 0 aromatic heterocycles. The summed E-state index contributed by atoms with van der Waals surface area (Å²) in [5, 5.41) is 2.60. The van der Waals surface area contributed by atoms with Crippen molar-refractivity contribution in [2.45, 2.75) is 20.4 Å². The molecule has 0 unspecified atom stereocenters.